The van der Waals surface area contributed by atoms with E-state index in [2.05, 4.69) is 20.3 Å². The molecule has 1 fully saturated rings. The zero-order valence-corrected chi connectivity index (χ0v) is 16.5. The van der Waals surface area contributed by atoms with E-state index in [1.54, 1.807) is 18.2 Å². The number of nitrogens with zero attached hydrogens (tertiary/aromatic N) is 4. The van der Waals surface area contributed by atoms with Crippen molar-refractivity contribution in [3.63, 3.8) is 0 Å². The summed E-state index contributed by atoms with van der Waals surface area (Å²) in [6.45, 7) is 6.16. The summed E-state index contributed by atoms with van der Waals surface area (Å²) >= 11 is 0. The third-order valence-electron chi connectivity index (χ3n) is 5.27. The second kappa shape index (κ2) is 7.76. The zero-order valence-electron chi connectivity index (χ0n) is 16.5. The number of aromatic nitrogens is 1. The Labute approximate surface area is 168 Å². The van der Waals surface area contributed by atoms with Crippen LogP contribution in [0.15, 0.2) is 28.8 Å². The SMILES string of the molecule is Cc1cc(CN2CCN(CC(=O)Nc3ccc4c(c3)C(=O)N(C)C4=O)CC2)no1. The number of hydrogen-bond acceptors (Lipinski definition) is 7. The Morgan fingerprint density at radius 1 is 1.07 bits per heavy atom. The van der Waals surface area contributed by atoms with Crippen LogP contribution in [0.5, 0.6) is 0 Å². The number of hydrogen-bond donors (Lipinski definition) is 1. The molecule has 1 N–H and O–H groups in total. The number of aryl methyl sites for hydroxylation is 1. The Morgan fingerprint density at radius 2 is 1.76 bits per heavy atom. The van der Waals surface area contributed by atoms with Crippen molar-refractivity contribution in [2.75, 3.05) is 45.1 Å². The fraction of sp³-hybridized carbons (Fsp3) is 0.400. The van der Waals surface area contributed by atoms with Crippen LogP contribution in [0, 0.1) is 6.92 Å². The molecule has 0 radical (unpaired) electrons. The van der Waals surface area contributed by atoms with Gasteiger partial charge in [0.1, 0.15) is 5.76 Å². The van der Waals surface area contributed by atoms with Crippen LogP contribution < -0.4 is 5.32 Å². The number of rotatable bonds is 5. The molecule has 3 heterocycles. The van der Waals surface area contributed by atoms with Crippen LogP contribution in [0.2, 0.25) is 0 Å². The van der Waals surface area contributed by atoms with E-state index in [1.807, 2.05) is 13.0 Å². The lowest BCUT2D eigenvalue weighted by molar-refractivity contribution is -0.117. The molecule has 2 aromatic rings. The monoisotopic (exact) mass is 397 g/mol. The molecular formula is C20H23N5O4. The van der Waals surface area contributed by atoms with Crippen LogP contribution in [-0.4, -0.2) is 77.3 Å². The lowest BCUT2D eigenvalue weighted by atomic mass is 10.1. The van der Waals surface area contributed by atoms with Crippen molar-refractivity contribution in [1.82, 2.24) is 19.9 Å². The number of imide groups is 1. The normalized spacial score (nSPS) is 17.7. The molecule has 2 aliphatic heterocycles. The minimum Gasteiger partial charge on any atom is -0.361 e. The summed E-state index contributed by atoms with van der Waals surface area (Å²) in [5.41, 5.74) is 2.13. The molecule has 0 spiro atoms. The van der Waals surface area contributed by atoms with E-state index in [4.69, 9.17) is 4.52 Å². The number of amides is 3. The molecule has 152 valence electrons. The van der Waals surface area contributed by atoms with Crippen molar-refractivity contribution in [2.24, 2.45) is 0 Å². The van der Waals surface area contributed by atoms with Gasteiger partial charge in [-0.25, -0.2) is 0 Å². The molecule has 2 aliphatic rings. The highest BCUT2D eigenvalue weighted by atomic mass is 16.5. The van der Waals surface area contributed by atoms with Crippen LogP contribution in [0.25, 0.3) is 0 Å². The summed E-state index contributed by atoms with van der Waals surface area (Å²) in [4.78, 5) is 41.9. The number of anilines is 1. The van der Waals surface area contributed by atoms with Crippen molar-refractivity contribution in [1.29, 1.82) is 0 Å². The van der Waals surface area contributed by atoms with Gasteiger partial charge in [-0.3, -0.25) is 29.1 Å². The first kappa shape index (κ1) is 19.3. The lowest BCUT2D eigenvalue weighted by Crippen LogP contribution is -2.48. The maximum absolute atomic E-state index is 12.4. The first-order chi connectivity index (χ1) is 13.9. The number of nitrogens with one attached hydrogen (secondary N) is 1. The third kappa shape index (κ3) is 4.06. The topological polar surface area (TPSA) is 99.0 Å². The van der Waals surface area contributed by atoms with Crippen LogP contribution in [0.1, 0.15) is 32.2 Å². The van der Waals surface area contributed by atoms with Gasteiger partial charge in [-0.1, -0.05) is 5.16 Å². The Bertz CT molecular complexity index is 962. The summed E-state index contributed by atoms with van der Waals surface area (Å²) in [6.07, 6.45) is 0. The van der Waals surface area contributed by atoms with Crippen molar-refractivity contribution in [3.8, 4) is 0 Å². The summed E-state index contributed by atoms with van der Waals surface area (Å²) in [5.74, 6) is -0.00344. The van der Waals surface area contributed by atoms with Crippen molar-refractivity contribution in [2.45, 2.75) is 13.5 Å². The number of piperazine rings is 1. The molecule has 4 rings (SSSR count). The predicted octanol–water partition coefficient (Wildman–Crippen LogP) is 0.965. The fourth-order valence-electron chi connectivity index (χ4n) is 3.67. The number of benzene rings is 1. The van der Waals surface area contributed by atoms with Crippen molar-refractivity contribution in [3.05, 3.63) is 46.8 Å². The second-order valence-corrected chi connectivity index (χ2v) is 7.46. The Morgan fingerprint density at radius 3 is 2.45 bits per heavy atom. The second-order valence-electron chi connectivity index (χ2n) is 7.46. The molecule has 29 heavy (non-hydrogen) atoms. The Kier molecular flexibility index (Phi) is 5.16. The summed E-state index contributed by atoms with van der Waals surface area (Å²) in [5, 5.41) is 6.85. The Hall–Kier alpha value is -3.04. The maximum atomic E-state index is 12.4. The van der Waals surface area contributed by atoms with E-state index in [0.29, 0.717) is 16.8 Å². The van der Waals surface area contributed by atoms with Crippen molar-refractivity contribution >= 4 is 23.4 Å². The van der Waals surface area contributed by atoms with E-state index in [1.165, 1.54) is 7.05 Å². The van der Waals surface area contributed by atoms with Gasteiger partial charge < -0.3 is 9.84 Å². The smallest absolute Gasteiger partial charge is 0.261 e. The average Bonchev–Trinajstić information content (AvgIpc) is 3.20. The zero-order chi connectivity index (χ0) is 20.5. The van der Waals surface area contributed by atoms with Crippen molar-refractivity contribution < 1.29 is 18.9 Å². The van der Waals surface area contributed by atoms with Gasteiger partial charge in [0.2, 0.25) is 5.91 Å². The van der Waals surface area contributed by atoms with Gasteiger partial charge in [0.25, 0.3) is 11.8 Å². The van der Waals surface area contributed by atoms with Crippen LogP contribution >= 0.6 is 0 Å². The minimum atomic E-state index is -0.348. The van der Waals surface area contributed by atoms with Gasteiger partial charge in [-0.05, 0) is 25.1 Å². The molecule has 0 saturated carbocycles. The van der Waals surface area contributed by atoms with Crippen LogP contribution in [0.4, 0.5) is 5.69 Å². The van der Waals surface area contributed by atoms with Crippen LogP contribution in [-0.2, 0) is 11.3 Å². The van der Waals surface area contributed by atoms with E-state index < -0.39 is 0 Å². The molecule has 0 atom stereocenters. The molecule has 1 aromatic carbocycles. The molecular weight excluding hydrogens is 374 g/mol. The number of carbonyl (C=O) groups is 3. The van der Waals surface area contributed by atoms with Gasteiger partial charge in [0, 0.05) is 51.5 Å². The fourth-order valence-corrected chi connectivity index (χ4v) is 3.67. The van der Waals surface area contributed by atoms with Gasteiger partial charge in [0.15, 0.2) is 0 Å². The molecule has 3 amide bonds. The molecule has 1 aromatic heterocycles. The van der Waals surface area contributed by atoms with Crippen LogP contribution in [0.3, 0.4) is 0 Å². The lowest BCUT2D eigenvalue weighted by Gasteiger charge is -2.33. The number of carbonyl (C=O) groups excluding carboxylic acids is 3. The van der Waals surface area contributed by atoms with Gasteiger partial charge >= 0.3 is 0 Å². The van der Waals surface area contributed by atoms with Gasteiger partial charge in [-0.2, -0.15) is 0 Å². The first-order valence-electron chi connectivity index (χ1n) is 9.54. The highest BCUT2D eigenvalue weighted by Gasteiger charge is 2.32. The van der Waals surface area contributed by atoms with Gasteiger partial charge in [0.05, 0.1) is 23.4 Å². The molecule has 9 nitrogen and oxygen atoms in total. The quantitative estimate of drug-likeness (QED) is 0.751. The molecule has 0 unspecified atom stereocenters. The summed E-state index contributed by atoms with van der Waals surface area (Å²) in [7, 11) is 1.45. The summed E-state index contributed by atoms with van der Waals surface area (Å²) in [6, 6.07) is 6.74. The van der Waals surface area contributed by atoms with E-state index in [0.717, 1.165) is 49.1 Å². The third-order valence-corrected chi connectivity index (χ3v) is 5.27. The Balaban J connectivity index is 1.28. The average molecular weight is 397 g/mol. The molecule has 0 bridgehead atoms. The molecule has 1 saturated heterocycles. The van der Waals surface area contributed by atoms with E-state index in [-0.39, 0.29) is 24.3 Å². The highest BCUT2D eigenvalue weighted by molar-refractivity contribution is 6.21. The number of fused-ring (bicyclic) bond motifs is 1. The summed E-state index contributed by atoms with van der Waals surface area (Å²) < 4.78 is 5.10. The predicted molar refractivity (Wildman–Crippen MR) is 104 cm³/mol. The largest absolute Gasteiger partial charge is 0.361 e. The first-order valence-corrected chi connectivity index (χ1v) is 9.54. The highest BCUT2D eigenvalue weighted by Crippen LogP contribution is 2.24. The standard InChI is InChI=1S/C20H23N5O4/c1-13-9-15(22-29-13)11-24-5-7-25(8-6-24)12-18(26)21-14-3-4-16-17(10-14)20(28)23(2)19(16)27/h3-4,9-10H,5-8,11-12H2,1-2H3,(H,21,26). The maximum Gasteiger partial charge on any atom is 0.261 e. The molecule has 0 aliphatic carbocycles. The van der Waals surface area contributed by atoms with Gasteiger partial charge in [-0.15, -0.1) is 0 Å². The van der Waals surface area contributed by atoms with E-state index in [9.17, 15) is 14.4 Å². The van der Waals surface area contributed by atoms with E-state index >= 15 is 0 Å². The molecule has 9 heteroatoms. The minimum absolute atomic E-state index is 0.143.